The van der Waals surface area contributed by atoms with Crippen molar-refractivity contribution in [2.24, 2.45) is 0 Å². The third kappa shape index (κ3) is 4.20. The number of furan rings is 2. The molecule has 0 atom stereocenters. The first-order valence-corrected chi connectivity index (χ1v) is 19.1. The maximum atomic E-state index is 6.41. The van der Waals surface area contributed by atoms with E-state index in [2.05, 4.69) is 172 Å². The van der Waals surface area contributed by atoms with Gasteiger partial charge in [-0.3, -0.25) is 0 Å². The monoisotopic (exact) mass is 702 g/mol. The van der Waals surface area contributed by atoms with Crippen molar-refractivity contribution in [1.82, 2.24) is 0 Å². The Bertz CT molecular complexity index is 3320. The number of para-hydroxylation sites is 2. The number of fused-ring (bicyclic) bond motifs is 11. The molecule has 2 heterocycles. The van der Waals surface area contributed by atoms with Crippen molar-refractivity contribution < 1.29 is 8.83 Å². The quantitative estimate of drug-likeness (QED) is 0.171. The summed E-state index contributed by atoms with van der Waals surface area (Å²) in [5.74, 6) is 0.891. The summed E-state index contributed by atoms with van der Waals surface area (Å²) in [5, 5.41) is 10.9. The number of benzene rings is 9. The Morgan fingerprint density at radius 2 is 0.982 bits per heavy atom. The van der Waals surface area contributed by atoms with Gasteiger partial charge in [-0.15, -0.1) is 0 Å². The minimum absolute atomic E-state index is 0.232. The highest BCUT2D eigenvalue weighted by molar-refractivity contribution is 6.23. The predicted octanol–water partition coefficient (Wildman–Crippen LogP) is 15.1. The molecule has 2 nitrogen and oxygen atoms in total. The molecule has 11 aromatic rings. The molecule has 0 N–H and O–H groups in total. The lowest BCUT2D eigenvalue weighted by molar-refractivity contribution is 0.632. The van der Waals surface area contributed by atoms with Crippen LogP contribution in [-0.4, -0.2) is 0 Å². The molecular weight excluding hydrogens is 669 g/mol. The molecule has 2 aromatic heterocycles. The van der Waals surface area contributed by atoms with E-state index < -0.39 is 0 Å². The lowest BCUT2D eigenvalue weighted by Gasteiger charge is -2.26. The molecule has 55 heavy (non-hydrogen) atoms. The van der Waals surface area contributed by atoms with E-state index in [4.69, 9.17) is 8.83 Å². The zero-order valence-electron chi connectivity index (χ0n) is 30.5. The first-order chi connectivity index (χ1) is 27.0. The molecule has 1 aliphatic carbocycles. The van der Waals surface area contributed by atoms with E-state index in [0.29, 0.717) is 0 Å². The molecule has 9 aromatic carbocycles. The average molecular weight is 703 g/mol. The van der Waals surface area contributed by atoms with Crippen molar-refractivity contribution in [2.45, 2.75) is 19.3 Å². The Hall–Kier alpha value is -6.90. The van der Waals surface area contributed by atoms with Gasteiger partial charge in [-0.1, -0.05) is 153 Å². The van der Waals surface area contributed by atoms with E-state index >= 15 is 0 Å². The van der Waals surface area contributed by atoms with Crippen LogP contribution in [0.2, 0.25) is 0 Å². The molecule has 12 rings (SSSR count). The fraction of sp³-hybridized carbons (Fsp3) is 0.0566. The summed E-state index contributed by atoms with van der Waals surface area (Å²) < 4.78 is 12.8. The highest BCUT2D eigenvalue weighted by atomic mass is 16.3. The largest absolute Gasteiger partial charge is 0.456 e. The van der Waals surface area contributed by atoms with Gasteiger partial charge in [0.2, 0.25) is 0 Å². The Balaban J connectivity index is 1.10. The summed E-state index contributed by atoms with van der Waals surface area (Å²) in [5.41, 5.74) is 14.0. The summed E-state index contributed by atoms with van der Waals surface area (Å²) in [6, 6.07) is 61.6. The minimum atomic E-state index is -0.232. The molecule has 0 saturated carbocycles. The molecule has 0 spiro atoms. The molecule has 1 aliphatic rings. The Morgan fingerprint density at radius 1 is 0.382 bits per heavy atom. The van der Waals surface area contributed by atoms with Crippen LogP contribution in [0.1, 0.15) is 25.0 Å². The van der Waals surface area contributed by atoms with Crippen molar-refractivity contribution in [3.05, 3.63) is 181 Å². The summed E-state index contributed by atoms with van der Waals surface area (Å²) >= 11 is 0. The first-order valence-electron chi connectivity index (χ1n) is 19.1. The van der Waals surface area contributed by atoms with Gasteiger partial charge in [0.15, 0.2) is 0 Å². The summed E-state index contributed by atoms with van der Waals surface area (Å²) in [4.78, 5) is 0. The third-order valence-corrected chi connectivity index (χ3v) is 12.2. The van der Waals surface area contributed by atoms with E-state index in [9.17, 15) is 0 Å². The standard InChI is InChI=1S/C53H34O2/c1-53(2)43-27-28-46-51(40-19-8-10-24-45(40)55-46)50(43)42-22-12-21-41(52(42)53)49-38-17-6-4-15-36(38)48(37-16-5-7-18-39(37)49)33-25-26-34-31(29-33)14-11-20-35(34)47-30-32-13-3-9-23-44(32)54-47/h3-30H,1-2H3. The van der Waals surface area contributed by atoms with Gasteiger partial charge in [0, 0.05) is 27.1 Å². The molecule has 0 radical (unpaired) electrons. The zero-order chi connectivity index (χ0) is 36.4. The van der Waals surface area contributed by atoms with E-state index in [0.717, 1.165) is 33.5 Å². The van der Waals surface area contributed by atoms with Crippen molar-refractivity contribution in [3.63, 3.8) is 0 Å². The highest BCUT2D eigenvalue weighted by Gasteiger charge is 2.40. The number of hydrogen-bond acceptors (Lipinski definition) is 2. The molecule has 258 valence electrons. The van der Waals surface area contributed by atoms with Gasteiger partial charge in [0.25, 0.3) is 0 Å². The average Bonchev–Trinajstić information content (AvgIpc) is 3.90. The van der Waals surface area contributed by atoms with Gasteiger partial charge < -0.3 is 8.83 Å². The van der Waals surface area contributed by atoms with Crippen molar-refractivity contribution in [3.8, 4) is 44.7 Å². The SMILES string of the molecule is CC1(C)c2ccc3oc4ccccc4c3c2-c2cccc(-c3c4ccccc4c(-c4ccc5c(-c6cc7ccccc7o6)cccc5c4)c4ccccc34)c21. The lowest BCUT2D eigenvalue weighted by atomic mass is 9.76. The Labute approximate surface area is 317 Å². The molecular formula is C53H34O2. The van der Waals surface area contributed by atoms with Gasteiger partial charge in [0.05, 0.1) is 0 Å². The fourth-order valence-electron chi connectivity index (χ4n) is 9.89. The van der Waals surface area contributed by atoms with Crippen molar-refractivity contribution in [2.75, 3.05) is 0 Å². The molecule has 0 fully saturated rings. The summed E-state index contributed by atoms with van der Waals surface area (Å²) in [6.07, 6.45) is 0. The van der Waals surface area contributed by atoms with E-state index in [1.807, 2.05) is 12.1 Å². The summed E-state index contributed by atoms with van der Waals surface area (Å²) in [7, 11) is 0. The van der Waals surface area contributed by atoms with E-state index in [-0.39, 0.29) is 5.41 Å². The number of hydrogen-bond donors (Lipinski definition) is 0. The maximum absolute atomic E-state index is 6.41. The van der Waals surface area contributed by atoms with Crippen molar-refractivity contribution >= 4 is 65.2 Å². The lowest BCUT2D eigenvalue weighted by Crippen LogP contribution is -2.16. The summed E-state index contributed by atoms with van der Waals surface area (Å²) in [6.45, 7) is 4.78. The molecule has 0 amide bonds. The second-order valence-corrected chi connectivity index (χ2v) is 15.5. The second kappa shape index (κ2) is 11.1. The molecule has 0 bridgehead atoms. The molecule has 2 heteroatoms. The molecule has 0 unspecified atom stereocenters. The first kappa shape index (κ1) is 30.6. The van der Waals surface area contributed by atoms with Gasteiger partial charge in [-0.25, -0.2) is 0 Å². The van der Waals surface area contributed by atoms with Crippen LogP contribution in [-0.2, 0) is 5.41 Å². The zero-order valence-corrected chi connectivity index (χ0v) is 30.5. The minimum Gasteiger partial charge on any atom is -0.456 e. The van der Waals surface area contributed by atoms with Gasteiger partial charge >= 0.3 is 0 Å². The van der Waals surface area contributed by atoms with Gasteiger partial charge in [-0.2, -0.15) is 0 Å². The fourth-order valence-corrected chi connectivity index (χ4v) is 9.89. The van der Waals surface area contributed by atoms with Crippen LogP contribution in [0.15, 0.2) is 179 Å². The van der Waals surface area contributed by atoms with Crippen LogP contribution in [0.4, 0.5) is 0 Å². The highest BCUT2D eigenvalue weighted by Crippen LogP contribution is 2.57. The third-order valence-electron chi connectivity index (χ3n) is 12.2. The second-order valence-electron chi connectivity index (χ2n) is 15.5. The van der Waals surface area contributed by atoms with Crippen LogP contribution >= 0.6 is 0 Å². The van der Waals surface area contributed by atoms with Gasteiger partial charge in [-0.05, 0) is 107 Å². The number of rotatable bonds is 3. The van der Waals surface area contributed by atoms with Crippen LogP contribution < -0.4 is 0 Å². The van der Waals surface area contributed by atoms with Crippen LogP contribution in [0.25, 0.3) is 110 Å². The predicted molar refractivity (Wildman–Crippen MR) is 230 cm³/mol. The van der Waals surface area contributed by atoms with Gasteiger partial charge in [0.1, 0.15) is 22.5 Å². The van der Waals surface area contributed by atoms with E-state index in [1.54, 1.807) is 0 Å². The molecule has 0 saturated heterocycles. The topological polar surface area (TPSA) is 26.3 Å². The van der Waals surface area contributed by atoms with Crippen LogP contribution in [0.3, 0.4) is 0 Å². The van der Waals surface area contributed by atoms with Crippen LogP contribution in [0, 0.1) is 0 Å². The smallest absolute Gasteiger partial charge is 0.136 e. The van der Waals surface area contributed by atoms with E-state index in [1.165, 1.54) is 87.6 Å². The maximum Gasteiger partial charge on any atom is 0.136 e. The Kier molecular flexibility index (Phi) is 6.15. The normalized spacial score (nSPS) is 13.4. The molecule has 0 aliphatic heterocycles. The Morgan fingerprint density at radius 3 is 1.73 bits per heavy atom. The van der Waals surface area contributed by atoms with Crippen LogP contribution in [0.5, 0.6) is 0 Å². The van der Waals surface area contributed by atoms with Crippen molar-refractivity contribution in [1.29, 1.82) is 0 Å².